The number of halogens is 2. The highest BCUT2D eigenvalue weighted by Gasteiger charge is 2.49. The second-order valence-electron chi connectivity index (χ2n) is 9.78. The zero-order valence-corrected chi connectivity index (χ0v) is 21.0. The second kappa shape index (κ2) is 9.68. The van der Waals surface area contributed by atoms with E-state index in [2.05, 4.69) is 21.8 Å². The van der Waals surface area contributed by atoms with Crippen LogP contribution in [0.3, 0.4) is 0 Å². The molecule has 3 aromatic rings. The number of sulfonamides is 1. The fraction of sp³-hybridized carbons (Fsp3) is 0.520. The maximum Gasteiger partial charge on any atom is 0.275 e. The zero-order chi connectivity index (χ0) is 25.5. The van der Waals surface area contributed by atoms with Crippen molar-refractivity contribution in [2.75, 3.05) is 25.0 Å². The predicted octanol–water partition coefficient (Wildman–Crippen LogP) is 4.43. The maximum atomic E-state index is 13.2. The molecule has 11 heteroatoms. The van der Waals surface area contributed by atoms with Crippen LogP contribution >= 0.6 is 0 Å². The molecule has 5 rings (SSSR count). The molecule has 3 heterocycles. The van der Waals surface area contributed by atoms with E-state index in [9.17, 15) is 22.3 Å². The van der Waals surface area contributed by atoms with Crippen molar-refractivity contribution in [3.05, 3.63) is 36.7 Å². The number of benzene rings is 1. The second-order valence-corrected chi connectivity index (χ2v) is 11.7. The van der Waals surface area contributed by atoms with Crippen molar-refractivity contribution < 1.29 is 22.3 Å². The monoisotopic (exact) mass is 519 g/mol. The third-order valence-corrected chi connectivity index (χ3v) is 8.87. The number of hydrogen-bond donors (Lipinski definition) is 2. The van der Waals surface area contributed by atoms with Gasteiger partial charge in [0.15, 0.2) is 0 Å². The van der Waals surface area contributed by atoms with Gasteiger partial charge >= 0.3 is 0 Å². The Balaban J connectivity index is 1.48. The summed E-state index contributed by atoms with van der Waals surface area (Å²) in [4.78, 5) is 9.29. The third kappa shape index (κ3) is 4.83. The lowest BCUT2D eigenvalue weighted by molar-refractivity contribution is -0.0945. The largest absolute Gasteiger partial charge is 0.393 e. The van der Waals surface area contributed by atoms with Crippen molar-refractivity contribution in [3.63, 3.8) is 0 Å². The first-order valence-electron chi connectivity index (χ1n) is 12.5. The minimum Gasteiger partial charge on any atom is -0.393 e. The molecule has 2 aliphatic rings. The van der Waals surface area contributed by atoms with Gasteiger partial charge in [0.25, 0.3) is 5.92 Å². The molecule has 1 aliphatic carbocycles. The summed E-state index contributed by atoms with van der Waals surface area (Å²) in [7, 11) is -3.96. The van der Waals surface area contributed by atoms with E-state index in [0.29, 0.717) is 5.95 Å². The minimum atomic E-state index is -3.96. The Labute approximate surface area is 209 Å². The summed E-state index contributed by atoms with van der Waals surface area (Å²) in [5.74, 6) is -2.40. The number of hydrogen-bond acceptors (Lipinski definition) is 6. The highest BCUT2D eigenvalue weighted by molar-refractivity contribution is 7.89. The number of fused-ring (bicyclic) bond motifs is 1. The quantitative estimate of drug-likeness (QED) is 0.427. The lowest BCUT2D eigenvalue weighted by atomic mass is 9.93. The van der Waals surface area contributed by atoms with Gasteiger partial charge < -0.3 is 15.0 Å². The van der Waals surface area contributed by atoms with Gasteiger partial charge in [0.2, 0.25) is 16.0 Å². The first-order chi connectivity index (χ1) is 17.2. The Morgan fingerprint density at radius 3 is 2.47 bits per heavy atom. The summed E-state index contributed by atoms with van der Waals surface area (Å²) in [5.41, 5.74) is 2.45. The fourth-order valence-electron chi connectivity index (χ4n) is 4.93. The van der Waals surface area contributed by atoms with E-state index in [4.69, 9.17) is 4.98 Å². The molecule has 2 fully saturated rings. The number of nitrogens with zero attached hydrogens (tertiary/aromatic N) is 4. The van der Waals surface area contributed by atoms with Crippen molar-refractivity contribution >= 4 is 27.0 Å². The highest BCUT2D eigenvalue weighted by Crippen LogP contribution is 2.38. The molecule has 0 spiro atoms. The molecule has 0 amide bonds. The van der Waals surface area contributed by atoms with Gasteiger partial charge in [0.1, 0.15) is 5.65 Å². The molecule has 0 bridgehead atoms. The van der Waals surface area contributed by atoms with E-state index in [1.807, 2.05) is 6.20 Å². The molecule has 8 nitrogen and oxygen atoms in total. The van der Waals surface area contributed by atoms with Gasteiger partial charge in [-0.25, -0.2) is 22.2 Å². The van der Waals surface area contributed by atoms with Gasteiger partial charge in [0.05, 0.1) is 24.1 Å². The van der Waals surface area contributed by atoms with Crippen molar-refractivity contribution in [1.82, 2.24) is 18.8 Å². The number of aromatic nitrogens is 3. The lowest BCUT2D eigenvalue weighted by Crippen LogP contribution is -2.58. The highest BCUT2D eigenvalue weighted by atomic mass is 32.2. The number of unbranched alkanes of at least 4 members (excludes halogenated alkanes) is 1. The normalized spacial score (nSPS) is 22.4. The molecular formula is C25H31F2N5O3S. The summed E-state index contributed by atoms with van der Waals surface area (Å²) in [6.07, 6.45) is 8.75. The average Bonchev–Trinajstić information content (AvgIpc) is 3.22. The Hall–Kier alpha value is -2.63. The fourth-order valence-corrected chi connectivity index (χ4v) is 6.43. The van der Waals surface area contributed by atoms with Crippen LogP contribution < -0.4 is 5.32 Å². The van der Waals surface area contributed by atoms with Gasteiger partial charge in [-0.15, -0.1) is 0 Å². The topological polar surface area (TPSA) is 100 Å². The average molecular weight is 520 g/mol. The molecule has 0 unspecified atom stereocenters. The number of alkyl halides is 2. The van der Waals surface area contributed by atoms with Gasteiger partial charge in [-0.1, -0.05) is 25.5 Å². The van der Waals surface area contributed by atoms with E-state index >= 15 is 0 Å². The van der Waals surface area contributed by atoms with Crippen LogP contribution in [0.2, 0.25) is 0 Å². The van der Waals surface area contributed by atoms with E-state index in [-0.39, 0.29) is 17.0 Å². The summed E-state index contributed by atoms with van der Waals surface area (Å²) >= 11 is 0. The summed E-state index contributed by atoms with van der Waals surface area (Å²) in [5, 5.41) is 14.1. The number of rotatable bonds is 8. The third-order valence-electron chi connectivity index (χ3n) is 7.06. The van der Waals surface area contributed by atoms with Crippen molar-refractivity contribution in [2.45, 2.75) is 68.4 Å². The Kier molecular flexibility index (Phi) is 6.73. The number of aliphatic hydroxyl groups is 1. The zero-order valence-electron chi connectivity index (χ0n) is 20.2. The van der Waals surface area contributed by atoms with E-state index < -0.39 is 29.0 Å². The molecular weight excluding hydrogens is 488 g/mol. The van der Waals surface area contributed by atoms with Crippen molar-refractivity contribution in [1.29, 1.82) is 0 Å². The van der Waals surface area contributed by atoms with Gasteiger partial charge in [0, 0.05) is 35.9 Å². The van der Waals surface area contributed by atoms with Crippen LogP contribution in [0.25, 0.3) is 22.2 Å². The van der Waals surface area contributed by atoms with Crippen LogP contribution in [0.1, 0.15) is 51.5 Å². The van der Waals surface area contributed by atoms with E-state index in [0.717, 1.165) is 71.5 Å². The Morgan fingerprint density at radius 1 is 1.14 bits per heavy atom. The van der Waals surface area contributed by atoms with Crippen LogP contribution in [0, 0.1) is 0 Å². The first-order valence-corrected chi connectivity index (χ1v) is 13.9. The van der Waals surface area contributed by atoms with E-state index in [1.165, 1.54) is 12.1 Å². The van der Waals surface area contributed by atoms with Crippen LogP contribution in [-0.4, -0.2) is 64.0 Å². The minimum absolute atomic E-state index is 0.00887. The first kappa shape index (κ1) is 25.0. The van der Waals surface area contributed by atoms with Gasteiger partial charge in [-0.2, -0.15) is 9.29 Å². The summed E-state index contributed by atoms with van der Waals surface area (Å²) < 4.78 is 54.8. The Morgan fingerprint density at radius 2 is 1.83 bits per heavy atom. The molecule has 1 saturated carbocycles. The predicted molar refractivity (Wildman–Crippen MR) is 134 cm³/mol. The van der Waals surface area contributed by atoms with Crippen LogP contribution in [0.4, 0.5) is 14.7 Å². The molecule has 1 aromatic carbocycles. The molecule has 2 N–H and O–H groups in total. The molecule has 1 aliphatic heterocycles. The van der Waals surface area contributed by atoms with Gasteiger partial charge in [-0.05, 0) is 49.8 Å². The van der Waals surface area contributed by atoms with Crippen LogP contribution in [0.5, 0.6) is 0 Å². The van der Waals surface area contributed by atoms with Gasteiger partial charge in [-0.3, -0.25) is 0 Å². The standard InChI is InChI=1S/C25H31F2N5O3S/c1-2-3-12-28-24-29-13-21-22(14-32(23(21)30-24)18-6-8-19(33)9-7-18)17-4-10-20(11-5-17)36(34,35)31-15-25(26,27)16-31/h4-5,10-11,13-14,18-19,33H,2-3,6-9,12,15-16H2,1H3,(H,28,29,30)/t18-,19-. The van der Waals surface area contributed by atoms with Crippen LogP contribution in [-0.2, 0) is 10.0 Å². The number of anilines is 1. The van der Waals surface area contributed by atoms with Crippen molar-refractivity contribution in [2.24, 2.45) is 0 Å². The molecule has 194 valence electrons. The van der Waals surface area contributed by atoms with Crippen LogP contribution in [0.15, 0.2) is 41.6 Å². The van der Waals surface area contributed by atoms with E-state index in [1.54, 1.807) is 18.3 Å². The summed E-state index contributed by atoms with van der Waals surface area (Å²) in [6, 6.07) is 6.51. The molecule has 36 heavy (non-hydrogen) atoms. The summed E-state index contributed by atoms with van der Waals surface area (Å²) in [6.45, 7) is 1.33. The molecule has 0 radical (unpaired) electrons. The lowest BCUT2D eigenvalue weighted by Gasteiger charge is -2.37. The number of nitrogens with one attached hydrogen (secondary N) is 1. The smallest absolute Gasteiger partial charge is 0.275 e. The Bertz CT molecular complexity index is 1330. The number of aliphatic hydroxyl groups excluding tert-OH is 1. The maximum absolute atomic E-state index is 13.2. The van der Waals surface area contributed by atoms with Crippen molar-refractivity contribution in [3.8, 4) is 11.1 Å². The molecule has 2 aromatic heterocycles. The molecule has 0 atom stereocenters. The molecule has 1 saturated heterocycles. The SMILES string of the molecule is CCCCNc1ncc2c(-c3ccc(S(=O)(=O)N4CC(F)(F)C4)cc3)cn([C@H]3CC[C@H](O)CC3)c2n1.